The SMILES string of the molecule is CCOC(=O)c1c(-c2ccc(F)cc2)csc1NC(=O)C(=O)NC(CC)CO. The summed E-state index contributed by atoms with van der Waals surface area (Å²) >= 11 is 1.05. The highest BCUT2D eigenvalue weighted by Gasteiger charge is 2.25. The third-order valence-electron chi connectivity index (χ3n) is 3.91. The molecule has 0 bridgehead atoms. The van der Waals surface area contributed by atoms with Crippen molar-refractivity contribution >= 4 is 34.1 Å². The van der Waals surface area contributed by atoms with Crippen LogP contribution in [0.2, 0.25) is 0 Å². The molecular weight excluding hydrogens is 387 g/mol. The van der Waals surface area contributed by atoms with E-state index < -0.39 is 29.6 Å². The van der Waals surface area contributed by atoms with Crippen LogP contribution in [0.15, 0.2) is 29.6 Å². The van der Waals surface area contributed by atoms with Crippen molar-refractivity contribution in [2.75, 3.05) is 18.5 Å². The minimum Gasteiger partial charge on any atom is -0.462 e. The average molecular weight is 408 g/mol. The van der Waals surface area contributed by atoms with Crippen molar-refractivity contribution in [3.05, 3.63) is 41.0 Å². The zero-order valence-electron chi connectivity index (χ0n) is 15.5. The van der Waals surface area contributed by atoms with Crippen molar-refractivity contribution in [2.24, 2.45) is 0 Å². The number of rotatable bonds is 7. The topological polar surface area (TPSA) is 105 Å². The number of amides is 2. The highest BCUT2D eigenvalue weighted by Crippen LogP contribution is 2.36. The van der Waals surface area contributed by atoms with E-state index in [4.69, 9.17) is 9.84 Å². The average Bonchev–Trinajstić information content (AvgIpc) is 3.10. The van der Waals surface area contributed by atoms with Gasteiger partial charge < -0.3 is 20.5 Å². The fourth-order valence-corrected chi connectivity index (χ4v) is 3.34. The largest absolute Gasteiger partial charge is 0.462 e. The quantitative estimate of drug-likeness (QED) is 0.482. The summed E-state index contributed by atoms with van der Waals surface area (Å²) in [6.07, 6.45) is 0.456. The molecule has 2 amide bonds. The van der Waals surface area contributed by atoms with Crippen molar-refractivity contribution in [1.29, 1.82) is 0 Å². The second-order valence-corrected chi connectivity index (χ2v) is 6.68. The number of esters is 1. The van der Waals surface area contributed by atoms with Crippen LogP contribution in [0.25, 0.3) is 11.1 Å². The first kappa shape index (κ1) is 21.5. The third-order valence-corrected chi connectivity index (χ3v) is 4.80. The summed E-state index contributed by atoms with van der Waals surface area (Å²) in [5.41, 5.74) is 1.12. The van der Waals surface area contributed by atoms with Crippen LogP contribution < -0.4 is 10.6 Å². The molecule has 0 aliphatic carbocycles. The molecule has 2 rings (SSSR count). The molecule has 0 fully saturated rings. The van der Waals surface area contributed by atoms with E-state index in [1.807, 2.05) is 0 Å². The van der Waals surface area contributed by atoms with E-state index in [1.165, 1.54) is 24.3 Å². The Balaban J connectivity index is 2.31. The Hall–Kier alpha value is -2.78. The first-order valence-corrected chi connectivity index (χ1v) is 9.56. The van der Waals surface area contributed by atoms with Gasteiger partial charge in [-0.3, -0.25) is 9.59 Å². The van der Waals surface area contributed by atoms with E-state index >= 15 is 0 Å². The maximum absolute atomic E-state index is 13.2. The molecule has 3 N–H and O–H groups in total. The normalized spacial score (nSPS) is 11.6. The van der Waals surface area contributed by atoms with Gasteiger partial charge in [0.15, 0.2) is 0 Å². The zero-order valence-corrected chi connectivity index (χ0v) is 16.3. The monoisotopic (exact) mass is 408 g/mol. The molecule has 2 aromatic rings. The summed E-state index contributed by atoms with van der Waals surface area (Å²) in [6.45, 7) is 3.23. The van der Waals surface area contributed by atoms with Crippen molar-refractivity contribution in [2.45, 2.75) is 26.3 Å². The number of nitrogens with one attached hydrogen (secondary N) is 2. The predicted molar refractivity (Wildman–Crippen MR) is 104 cm³/mol. The van der Waals surface area contributed by atoms with E-state index in [9.17, 15) is 18.8 Å². The lowest BCUT2D eigenvalue weighted by molar-refractivity contribution is -0.136. The maximum atomic E-state index is 13.2. The Bertz CT molecular complexity index is 847. The van der Waals surface area contributed by atoms with Gasteiger partial charge in [0.1, 0.15) is 16.4 Å². The summed E-state index contributed by atoms with van der Waals surface area (Å²) in [5, 5.41) is 15.7. The Morgan fingerprint density at radius 1 is 1.18 bits per heavy atom. The summed E-state index contributed by atoms with van der Waals surface area (Å²) in [7, 11) is 0. The number of aliphatic hydroxyl groups excluding tert-OH is 1. The van der Waals surface area contributed by atoms with Crippen LogP contribution in [-0.4, -0.2) is 42.1 Å². The molecule has 1 aromatic heterocycles. The third kappa shape index (κ3) is 5.14. The Morgan fingerprint density at radius 2 is 1.86 bits per heavy atom. The molecule has 1 atom stereocenters. The van der Waals surface area contributed by atoms with Crippen molar-refractivity contribution in [3.8, 4) is 11.1 Å². The van der Waals surface area contributed by atoms with Crippen molar-refractivity contribution in [1.82, 2.24) is 5.32 Å². The molecule has 1 unspecified atom stereocenters. The molecule has 28 heavy (non-hydrogen) atoms. The van der Waals surface area contributed by atoms with E-state index in [-0.39, 0.29) is 23.8 Å². The van der Waals surface area contributed by atoms with Crippen LogP contribution in [0, 0.1) is 5.82 Å². The van der Waals surface area contributed by atoms with Crippen LogP contribution in [0.5, 0.6) is 0 Å². The second kappa shape index (κ2) is 9.95. The fraction of sp³-hybridized carbons (Fsp3) is 0.316. The van der Waals surface area contributed by atoms with Gasteiger partial charge in [-0.15, -0.1) is 11.3 Å². The standard InChI is InChI=1S/C19H21FN2O5S/c1-3-13(9-23)21-16(24)17(25)22-18-15(19(26)27-4-2)14(10-28-18)11-5-7-12(20)8-6-11/h5-8,10,13,23H,3-4,9H2,1-2H3,(H,21,24)(H,22,25). The number of halogens is 1. The smallest absolute Gasteiger partial charge is 0.341 e. The van der Waals surface area contributed by atoms with Crippen LogP contribution in [0.3, 0.4) is 0 Å². The summed E-state index contributed by atoms with van der Waals surface area (Å²) < 4.78 is 18.3. The van der Waals surface area contributed by atoms with Gasteiger partial charge in [0.2, 0.25) is 0 Å². The molecule has 1 aromatic carbocycles. The van der Waals surface area contributed by atoms with Gasteiger partial charge in [-0.1, -0.05) is 19.1 Å². The number of anilines is 1. The lowest BCUT2D eigenvalue weighted by Gasteiger charge is -2.13. The van der Waals surface area contributed by atoms with Gasteiger partial charge in [0.25, 0.3) is 0 Å². The van der Waals surface area contributed by atoms with Crippen molar-refractivity contribution < 1.29 is 28.6 Å². The highest BCUT2D eigenvalue weighted by molar-refractivity contribution is 7.15. The highest BCUT2D eigenvalue weighted by atomic mass is 32.1. The number of hydrogen-bond acceptors (Lipinski definition) is 6. The second-order valence-electron chi connectivity index (χ2n) is 5.80. The molecule has 150 valence electrons. The molecule has 0 spiro atoms. The lowest BCUT2D eigenvalue weighted by atomic mass is 10.0. The first-order chi connectivity index (χ1) is 13.4. The molecule has 0 saturated heterocycles. The van der Waals surface area contributed by atoms with E-state index in [1.54, 1.807) is 19.2 Å². The number of benzene rings is 1. The Morgan fingerprint density at radius 3 is 2.43 bits per heavy atom. The molecule has 0 aliphatic heterocycles. The van der Waals surface area contributed by atoms with Gasteiger partial charge in [-0.05, 0) is 31.0 Å². The molecule has 0 saturated carbocycles. The van der Waals surface area contributed by atoms with Gasteiger partial charge in [0, 0.05) is 10.9 Å². The summed E-state index contributed by atoms with van der Waals surface area (Å²) in [5.74, 6) is -2.98. The molecule has 1 heterocycles. The number of hydrogen-bond donors (Lipinski definition) is 3. The number of carbonyl (C=O) groups excluding carboxylic acids is 3. The lowest BCUT2D eigenvalue weighted by Crippen LogP contribution is -2.43. The van der Waals surface area contributed by atoms with E-state index in [0.29, 0.717) is 17.5 Å². The summed E-state index contributed by atoms with van der Waals surface area (Å²) in [4.78, 5) is 36.6. The van der Waals surface area contributed by atoms with Crippen LogP contribution >= 0.6 is 11.3 Å². The molecule has 9 heteroatoms. The van der Waals surface area contributed by atoms with Crippen molar-refractivity contribution in [3.63, 3.8) is 0 Å². The Kier molecular flexibility index (Phi) is 7.65. The van der Waals surface area contributed by atoms with Crippen LogP contribution in [0.1, 0.15) is 30.6 Å². The summed E-state index contributed by atoms with van der Waals surface area (Å²) in [6, 6.07) is 4.98. The number of ether oxygens (including phenoxy) is 1. The first-order valence-electron chi connectivity index (χ1n) is 8.68. The number of carbonyl (C=O) groups is 3. The molecule has 7 nitrogen and oxygen atoms in total. The predicted octanol–water partition coefficient (Wildman–Crippen LogP) is 2.56. The number of thiophene rings is 1. The minimum absolute atomic E-state index is 0.0915. The van der Waals surface area contributed by atoms with Gasteiger partial charge >= 0.3 is 17.8 Å². The van der Waals surface area contributed by atoms with Gasteiger partial charge in [0.05, 0.1) is 19.3 Å². The molecular formula is C19H21FN2O5S. The van der Waals surface area contributed by atoms with Crippen LogP contribution in [-0.2, 0) is 14.3 Å². The molecule has 0 radical (unpaired) electrons. The van der Waals surface area contributed by atoms with E-state index in [0.717, 1.165) is 11.3 Å². The Labute approximate surface area is 165 Å². The molecule has 0 aliphatic rings. The van der Waals surface area contributed by atoms with Gasteiger partial charge in [-0.25, -0.2) is 9.18 Å². The van der Waals surface area contributed by atoms with Gasteiger partial charge in [-0.2, -0.15) is 0 Å². The fourth-order valence-electron chi connectivity index (χ4n) is 2.39. The van der Waals surface area contributed by atoms with Crippen LogP contribution in [0.4, 0.5) is 9.39 Å². The number of aliphatic hydroxyl groups is 1. The van der Waals surface area contributed by atoms with E-state index in [2.05, 4.69) is 10.6 Å². The maximum Gasteiger partial charge on any atom is 0.341 e. The zero-order chi connectivity index (χ0) is 20.7. The minimum atomic E-state index is -0.968.